The average Bonchev–Trinajstić information content (AvgIpc) is 3.18. The minimum absolute atomic E-state index is 0.121. The van der Waals surface area contributed by atoms with E-state index in [1.54, 1.807) is 0 Å². The normalized spacial score (nSPS) is 12.9. The highest BCUT2D eigenvalue weighted by molar-refractivity contribution is 5.71. The molecule has 312 valence electrons. The Morgan fingerprint density at radius 3 is 1.44 bits per heavy atom. The maximum atomic E-state index is 12.7. The monoisotopic (exact) mass is 765 g/mol. The van der Waals surface area contributed by atoms with E-state index in [0.717, 1.165) is 70.6 Å². The van der Waals surface area contributed by atoms with Crippen LogP contribution in [-0.4, -0.2) is 37.2 Å². The third-order valence-corrected chi connectivity index (χ3v) is 8.96. The Kier molecular flexibility index (Phi) is 40.6. The zero-order valence-electron chi connectivity index (χ0n) is 35.4. The maximum absolute atomic E-state index is 12.7. The number of rotatable bonds is 38. The molecular weight excluding hydrogens is 685 g/mol. The molecule has 55 heavy (non-hydrogen) atoms. The average molecular weight is 765 g/mol. The predicted molar refractivity (Wildman–Crippen MR) is 233 cm³/mol. The Bertz CT molecular complexity index is 1110. The lowest BCUT2D eigenvalue weighted by atomic mass is 10.1. The fourth-order valence-corrected chi connectivity index (χ4v) is 5.62. The zero-order chi connectivity index (χ0) is 40.1. The molecule has 0 amide bonds. The summed E-state index contributed by atoms with van der Waals surface area (Å²) in [5.74, 6) is -1.06. The van der Waals surface area contributed by atoms with E-state index in [-0.39, 0.29) is 31.6 Å². The number of carbonyl (C=O) groups is 3. The van der Waals surface area contributed by atoms with Crippen LogP contribution in [0.3, 0.4) is 0 Å². The highest BCUT2D eigenvalue weighted by atomic mass is 16.6. The van der Waals surface area contributed by atoms with E-state index >= 15 is 0 Å². The van der Waals surface area contributed by atoms with Crippen LogP contribution in [0.5, 0.6) is 0 Å². The van der Waals surface area contributed by atoms with Gasteiger partial charge in [-0.05, 0) is 77.0 Å². The molecule has 0 rings (SSSR count). The lowest BCUT2D eigenvalue weighted by molar-refractivity contribution is -0.166. The minimum atomic E-state index is -0.825. The van der Waals surface area contributed by atoms with Crippen LogP contribution in [0.4, 0.5) is 0 Å². The van der Waals surface area contributed by atoms with Gasteiger partial charge in [-0.3, -0.25) is 14.4 Å². The van der Waals surface area contributed by atoms with E-state index in [1.807, 2.05) is 30.4 Å². The van der Waals surface area contributed by atoms with Crippen molar-refractivity contribution in [2.24, 2.45) is 0 Å². The molecule has 0 N–H and O–H groups in total. The van der Waals surface area contributed by atoms with E-state index < -0.39 is 12.1 Å². The van der Waals surface area contributed by atoms with Crippen LogP contribution < -0.4 is 0 Å². The van der Waals surface area contributed by atoms with Crippen molar-refractivity contribution >= 4 is 17.9 Å². The summed E-state index contributed by atoms with van der Waals surface area (Å²) >= 11 is 0. The molecule has 0 aromatic rings. The smallest absolute Gasteiger partial charge is 0.306 e. The second kappa shape index (κ2) is 43.3. The first-order chi connectivity index (χ1) is 27.0. The molecule has 0 saturated heterocycles. The van der Waals surface area contributed by atoms with Crippen LogP contribution in [0.1, 0.15) is 188 Å². The lowest BCUT2D eigenvalue weighted by Gasteiger charge is -2.18. The summed E-state index contributed by atoms with van der Waals surface area (Å²) in [5, 5.41) is 0. The quantitative estimate of drug-likeness (QED) is 0.0205. The molecule has 0 spiro atoms. The standard InChI is InChI=1S/C49H80O6/c1-4-7-10-13-16-19-21-23-24-26-27-30-33-36-39-42-48(51)54-45-46(44-53-47(50)41-38-35-32-29-18-15-12-9-6-3)55-49(52)43-40-37-34-31-28-25-22-20-17-14-11-8-5-2/h7,10,13,16,19,21,23-25,28-29,32,34,37,46H,4-6,8-9,11-12,14-15,17-18,20,22,26-27,30-31,33,35-36,38-45H2,1-3H3/b10-7-,16-13-,21-19-,24-23-,28-25-,32-29-,37-34-. The molecule has 0 fully saturated rings. The summed E-state index contributed by atoms with van der Waals surface area (Å²) in [6.45, 7) is 6.33. The van der Waals surface area contributed by atoms with Crippen molar-refractivity contribution < 1.29 is 28.6 Å². The number of esters is 3. The summed E-state index contributed by atoms with van der Waals surface area (Å²) in [7, 11) is 0. The van der Waals surface area contributed by atoms with Crippen LogP contribution >= 0.6 is 0 Å². The van der Waals surface area contributed by atoms with Gasteiger partial charge >= 0.3 is 17.9 Å². The van der Waals surface area contributed by atoms with Crippen molar-refractivity contribution in [3.8, 4) is 0 Å². The molecule has 1 unspecified atom stereocenters. The molecule has 0 aliphatic rings. The molecule has 0 saturated carbocycles. The third kappa shape index (κ3) is 41.6. The predicted octanol–water partition coefficient (Wildman–Crippen LogP) is 14.1. The minimum Gasteiger partial charge on any atom is -0.462 e. The molecule has 6 heteroatoms. The molecule has 0 heterocycles. The van der Waals surface area contributed by atoms with Gasteiger partial charge in [-0.15, -0.1) is 0 Å². The lowest BCUT2D eigenvalue weighted by Crippen LogP contribution is -2.30. The summed E-state index contributed by atoms with van der Waals surface area (Å²) in [6, 6.07) is 0. The van der Waals surface area contributed by atoms with Gasteiger partial charge in [0.2, 0.25) is 0 Å². The SMILES string of the molecule is CC\C=C/C=C\C=C/C=C\CCCCCCCC(=O)OCC(COC(=O)CCC/C=C\CCCCCC)OC(=O)CC/C=C\C/C=C\CCCCCCCC. The van der Waals surface area contributed by atoms with Gasteiger partial charge in [0.1, 0.15) is 13.2 Å². The van der Waals surface area contributed by atoms with Crippen molar-refractivity contribution in [2.75, 3.05) is 13.2 Å². The van der Waals surface area contributed by atoms with E-state index in [1.165, 1.54) is 64.2 Å². The number of carbonyl (C=O) groups excluding carboxylic acids is 3. The molecule has 0 aliphatic heterocycles. The molecule has 1 atom stereocenters. The fraction of sp³-hybridized carbons (Fsp3) is 0.653. The van der Waals surface area contributed by atoms with Gasteiger partial charge in [0.15, 0.2) is 6.10 Å². The Morgan fingerprint density at radius 1 is 0.400 bits per heavy atom. The summed E-state index contributed by atoms with van der Waals surface area (Å²) < 4.78 is 16.6. The van der Waals surface area contributed by atoms with E-state index in [2.05, 4.69) is 75.5 Å². The molecule has 0 bridgehead atoms. The van der Waals surface area contributed by atoms with Gasteiger partial charge in [0.05, 0.1) is 0 Å². The molecule has 0 aromatic heterocycles. The summed E-state index contributed by atoms with van der Waals surface area (Å²) in [6.07, 6.45) is 54.4. The first-order valence-electron chi connectivity index (χ1n) is 22.1. The summed E-state index contributed by atoms with van der Waals surface area (Å²) in [5.41, 5.74) is 0. The van der Waals surface area contributed by atoms with Crippen LogP contribution in [-0.2, 0) is 28.6 Å². The van der Waals surface area contributed by atoms with Crippen LogP contribution in [0.25, 0.3) is 0 Å². The first kappa shape index (κ1) is 51.6. The number of allylic oxidation sites excluding steroid dienone is 14. The second-order valence-corrected chi connectivity index (χ2v) is 14.3. The Morgan fingerprint density at radius 2 is 0.836 bits per heavy atom. The molecule has 0 radical (unpaired) electrons. The number of hydrogen-bond donors (Lipinski definition) is 0. The van der Waals surface area contributed by atoms with Gasteiger partial charge in [-0.2, -0.15) is 0 Å². The van der Waals surface area contributed by atoms with Gasteiger partial charge in [0, 0.05) is 19.3 Å². The van der Waals surface area contributed by atoms with Crippen molar-refractivity contribution in [1.82, 2.24) is 0 Å². The zero-order valence-corrected chi connectivity index (χ0v) is 35.4. The fourth-order valence-electron chi connectivity index (χ4n) is 5.62. The largest absolute Gasteiger partial charge is 0.462 e. The van der Waals surface area contributed by atoms with Gasteiger partial charge < -0.3 is 14.2 Å². The molecule has 6 nitrogen and oxygen atoms in total. The summed E-state index contributed by atoms with van der Waals surface area (Å²) in [4.78, 5) is 37.6. The van der Waals surface area contributed by atoms with Crippen molar-refractivity contribution in [1.29, 1.82) is 0 Å². The van der Waals surface area contributed by atoms with Crippen molar-refractivity contribution in [3.63, 3.8) is 0 Å². The van der Waals surface area contributed by atoms with Crippen LogP contribution in [0, 0.1) is 0 Å². The number of hydrogen-bond acceptors (Lipinski definition) is 6. The Labute approximate surface area is 337 Å². The van der Waals surface area contributed by atoms with E-state index in [0.29, 0.717) is 25.7 Å². The van der Waals surface area contributed by atoms with E-state index in [9.17, 15) is 14.4 Å². The number of unbranched alkanes of at least 4 members (excludes halogenated alkanes) is 16. The van der Waals surface area contributed by atoms with Crippen molar-refractivity contribution in [3.05, 3.63) is 85.1 Å². The third-order valence-electron chi connectivity index (χ3n) is 8.96. The number of ether oxygens (including phenoxy) is 3. The molecule has 0 aliphatic carbocycles. The molecular formula is C49H80O6. The van der Waals surface area contributed by atoms with Gasteiger partial charge in [-0.1, -0.05) is 176 Å². The highest BCUT2D eigenvalue weighted by Crippen LogP contribution is 2.11. The van der Waals surface area contributed by atoms with Crippen LogP contribution in [0.15, 0.2) is 85.1 Å². The van der Waals surface area contributed by atoms with Crippen LogP contribution in [0.2, 0.25) is 0 Å². The second-order valence-electron chi connectivity index (χ2n) is 14.3. The maximum Gasteiger partial charge on any atom is 0.306 e. The Hall–Kier alpha value is -3.41. The van der Waals surface area contributed by atoms with Crippen molar-refractivity contribution in [2.45, 2.75) is 194 Å². The van der Waals surface area contributed by atoms with Gasteiger partial charge in [0.25, 0.3) is 0 Å². The topological polar surface area (TPSA) is 78.9 Å². The van der Waals surface area contributed by atoms with E-state index in [4.69, 9.17) is 14.2 Å². The first-order valence-corrected chi connectivity index (χ1v) is 22.1. The molecule has 0 aromatic carbocycles. The highest BCUT2D eigenvalue weighted by Gasteiger charge is 2.19. The van der Waals surface area contributed by atoms with Gasteiger partial charge in [-0.25, -0.2) is 0 Å². The Balaban J connectivity index is 4.52.